The van der Waals surface area contributed by atoms with E-state index in [9.17, 15) is 13.9 Å². The number of hydrogen-bond acceptors (Lipinski definition) is 2. The van der Waals surface area contributed by atoms with Crippen LogP contribution < -0.4 is 9.80 Å². The van der Waals surface area contributed by atoms with Gasteiger partial charge in [0.1, 0.15) is 24.3 Å². The quantitative estimate of drug-likeness (QED) is 0.892. The van der Waals surface area contributed by atoms with E-state index in [1.54, 1.807) is 24.3 Å². The fraction of sp³-hybridized carbons (Fsp3) is 0.333. The first-order valence-corrected chi connectivity index (χ1v) is 7.89. The van der Waals surface area contributed by atoms with Crippen LogP contribution in [0.1, 0.15) is 11.7 Å². The zero-order chi connectivity index (χ0) is 16.2. The number of hydrogen-bond donors (Lipinski definition) is 2. The maximum atomic E-state index is 13.0. The fourth-order valence-electron chi connectivity index (χ4n) is 3.01. The molecule has 2 aromatic rings. The number of halogens is 2. The lowest BCUT2D eigenvalue weighted by atomic mass is 10.1. The van der Waals surface area contributed by atoms with Crippen molar-refractivity contribution in [1.82, 2.24) is 0 Å². The van der Waals surface area contributed by atoms with Crippen molar-refractivity contribution >= 4 is 5.69 Å². The Labute approximate surface area is 134 Å². The fourth-order valence-corrected chi connectivity index (χ4v) is 3.01. The van der Waals surface area contributed by atoms with E-state index >= 15 is 0 Å². The highest BCUT2D eigenvalue weighted by Gasteiger charge is 2.23. The Morgan fingerprint density at radius 2 is 1.43 bits per heavy atom. The first-order chi connectivity index (χ1) is 11.1. The number of rotatable bonds is 4. The van der Waals surface area contributed by atoms with Crippen molar-refractivity contribution in [3.8, 4) is 0 Å². The maximum absolute atomic E-state index is 13.0. The number of quaternary nitrogens is 1. The van der Waals surface area contributed by atoms with E-state index in [1.807, 2.05) is 0 Å². The highest BCUT2D eigenvalue weighted by Crippen LogP contribution is 2.15. The van der Waals surface area contributed by atoms with Gasteiger partial charge in [-0.2, -0.15) is 0 Å². The van der Waals surface area contributed by atoms with Crippen molar-refractivity contribution < 1.29 is 18.8 Å². The van der Waals surface area contributed by atoms with Gasteiger partial charge in [-0.1, -0.05) is 12.1 Å². The first-order valence-electron chi connectivity index (χ1n) is 7.89. The molecule has 0 aromatic heterocycles. The SMILES string of the molecule is O[C@H](C[NH+]1CCN(c2ccc(F)cc2)CC1)c1ccc(F)cc1. The lowest BCUT2D eigenvalue weighted by Crippen LogP contribution is -3.15. The van der Waals surface area contributed by atoms with E-state index in [0.29, 0.717) is 6.54 Å². The minimum atomic E-state index is -0.581. The molecule has 1 aliphatic heterocycles. The molecule has 0 saturated carbocycles. The van der Waals surface area contributed by atoms with Crippen LogP contribution in [0.3, 0.4) is 0 Å². The molecule has 3 nitrogen and oxygen atoms in total. The Bertz CT molecular complexity index is 622. The van der Waals surface area contributed by atoms with E-state index in [1.165, 1.54) is 29.2 Å². The van der Waals surface area contributed by atoms with Gasteiger partial charge in [-0.3, -0.25) is 0 Å². The van der Waals surface area contributed by atoms with Gasteiger partial charge in [0.2, 0.25) is 0 Å². The molecule has 3 rings (SSSR count). The predicted molar refractivity (Wildman–Crippen MR) is 85.5 cm³/mol. The third-order valence-corrected chi connectivity index (χ3v) is 4.40. The van der Waals surface area contributed by atoms with Gasteiger partial charge in [-0.15, -0.1) is 0 Å². The molecule has 1 heterocycles. The maximum Gasteiger partial charge on any atom is 0.128 e. The Kier molecular flexibility index (Phi) is 4.88. The van der Waals surface area contributed by atoms with E-state index < -0.39 is 6.10 Å². The van der Waals surface area contributed by atoms with E-state index in [0.717, 1.165) is 37.4 Å². The molecule has 0 radical (unpaired) electrons. The average molecular weight is 319 g/mol. The third-order valence-electron chi connectivity index (χ3n) is 4.40. The summed E-state index contributed by atoms with van der Waals surface area (Å²) >= 11 is 0. The number of aliphatic hydroxyl groups excluding tert-OH is 1. The Hall–Kier alpha value is -1.98. The summed E-state index contributed by atoms with van der Waals surface area (Å²) in [5.41, 5.74) is 1.78. The molecular weight excluding hydrogens is 298 g/mol. The smallest absolute Gasteiger partial charge is 0.128 e. The minimum absolute atomic E-state index is 0.222. The number of benzene rings is 2. The highest BCUT2D eigenvalue weighted by atomic mass is 19.1. The minimum Gasteiger partial charge on any atom is -0.382 e. The van der Waals surface area contributed by atoms with Gasteiger partial charge in [-0.25, -0.2) is 8.78 Å². The molecule has 1 aliphatic rings. The molecule has 0 unspecified atom stereocenters. The summed E-state index contributed by atoms with van der Waals surface area (Å²) in [6.45, 7) is 4.18. The summed E-state index contributed by atoms with van der Waals surface area (Å²) in [4.78, 5) is 3.55. The predicted octanol–water partition coefficient (Wildman–Crippen LogP) is 1.40. The topological polar surface area (TPSA) is 27.9 Å². The lowest BCUT2D eigenvalue weighted by Gasteiger charge is -2.34. The molecule has 1 saturated heterocycles. The number of anilines is 1. The first kappa shape index (κ1) is 15.9. The van der Waals surface area contributed by atoms with Crippen LogP contribution in [0, 0.1) is 11.6 Å². The van der Waals surface area contributed by atoms with Gasteiger partial charge in [0.05, 0.1) is 26.2 Å². The molecule has 1 fully saturated rings. The summed E-state index contributed by atoms with van der Waals surface area (Å²) in [6, 6.07) is 12.6. The van der Waals surface area contributed by atoms with Crippen molar-refractivity contribution in [1.29, 1.82) is 0 Å². The van der Waals surface area contributed by atoms with Gasteiger partial charge < -0.3 is 14.9 Å². The van der Waals surface area contributed by atoms with E-state index in [4.69, 9.17) is 0 Å². The molecular formula is C18H21F2N2O+. The highest BCUT2D eigenvalue weighted by molar-refractivity contribution is 5.46. The number of aliphatic hydroxyl groups is 1. The van der Waals surface area contributed by atoms with Crippen LogP contribution in [-0.2, 0) is 0 Å². The zero-order valence-electron chi connectivity index (χ0n) is 12.9. The molecule has 23 heavy (non-hydrogen) atoms. The van der Waals surface area contributed by atoms with E-state index in [2.05, 4.69) is 4.90 Å². The molecule has 1 atom stereocenters. The summed E-state index contributed by atoms with van der Waals surface area (Å²) in [6.07, 6.45) is -0.581. The zero-order valence-corrected chi connectivity index (χ0v) is 12.9. The second-order valence-electron chi connectivity index (χ2n) is 5.98. The molecule has 5 heteroatoms. The van der Waals surface area contributed by atoms with Crippen LogP contribution in [0.4, 0.5) is 14.5 Å². The molecule has 0 aliphatic carbocycles. The summed E-state index contributed by atoms with van der Waals surface area (Å²) in [5.74, 6) is -0.512. The Morgan fingerprint density at radius 1 is 0.913 bits per heavy atom. The van der Waals surface area contributed by atoms with Gasteiger partial charge >= 0.3 is 0 Å². The molecule has 0 amide bonds. The van der Waals surface area contributed by atoms with Crippen LogP contribution in [0.5, 0.6) is 0 Å². The summed E-state index contributed by atoms with van der Waals surface area (Å²) in [7, 11) is 0. The van der Waals surface area contributed by atoms with Crippen molar-refractivity contribution in [2.75, 3.05) is 37.6 Å². The second-order valence-corrected chi connectivity index (χ2v) is 5.98. The van der Waals surface area contributed by atoms with Crippen LogP contribution in [0.25, 0.3) is 0 Å². The second kappa shape index (κ2) is 7.06. The average Bonchev–Trinajstić information content (AvgIpc) is 2.57. The van der Waals surface area contributed by atoms with Gasteiger partial charge in [0, 0.05) is 5.69 Å². The lowest BCUT2D eigenvalue weighted by molar-refractivity contribution is -0.904. The van der Waals surface area contributed by atoms with Crippen molar-refractivity contribution in [2.24, 2.45) is 0 Å². The summed E-state index contributed by atoms with van der Waals surface area (Å²) < 4.78 is 25.9. The van der Waals surface area contributed by atoms with Gasteiger partial charge in [0.15, 0.2) is 0 Å². The molecule has 122 valence electrons. The van der Waals surface area contributed by atoms with E-state index in [-0.39, 0.29) is 11.6 Å². The normalized spacial score (nSPS) is 17.3. The van der Waals surface area contributed by atoms with Crippen LogP contribution in [0.15, 0.2) is 48.5 Å². The van der Waals surface area contributed by atoms with Crippen molar-refractivity contribution in [3.05, 3.63) is 65.7 Å². The van der Waals surface area contributed by atoms with Crippen LogP contribution >= 0.6 is 0 Å². The molecule has 0 spiro atoms. The Morgan fingerprint density at radius 3 is 2.00 bits per heavy atom. The molecule has 2 aromatic carbocycles. The van der Waals surface area contributed by atoms with Crippen LogP contribution in [0.2, 0.25) is 0 Å². The molecule has 0 bridgehead atoms. The largest absolute Gasteiger partial charge is 0.382 e. The van der Waals surface area contributed by atoms with Crippen molar-refractivity contribution in [2.45, 2.75) is 6.10 Å². The van der Waals surface area contributed by atoms with Gasteiger partial charge in [-0.05, 0) is 42.0 Å². The monoisotopic (exact) mass is 319 g/mol. The standard InChI is InChI=1S/C18H20F2N2O/c19-15-3-1-14(2-4-15)18(23)13-21-9-11-22(12-10-21)17-7-5-16(20)6-8-17/h1-8,18,23H,9-13H2/p+1/t18-/m1/s1. The number of piperazine rings is 1. The number of nitrogens with zero attached hydrogens (tertiary/aromatic N) is 1. The summed E-state index contributed by atoms with van der Waals surface area (Å²) in [5, 5.41) is 10.3. The molecule has 2 N–H and O–H groups in total. The van der Waals surface area contributed by atoms with Crippen LogP contribution in [-0.4, -0.2) is 37.8 Å². The third kappa shape index (κ3) is 4.06. The van der Waals surface area contributed by atoms with Gasteiger partial charge in [0.25, 0.3) is 0 Å². The number of nitrogens with one attached hydrogen (secondary N) is 1. The Balaban J connectivity index is 1.52. The van der Waals surface area contributed by atoms with Crippen molar-refractivity contribution in [3.63, 3.8) is 0 Å².